The van der Waals surface area contributed by atoms with Gasteiger partial charge in [-0.2, -0.15) is 0 Å². The zero-order valence-corrected chi connectivity index (χ0v) is 24.4. The summed E-state index contributed by atoms with van der Waals surface area (Å²) in [5.74, 6) is -2.58. The van der Waals surface area contributed by atoms with Crippen LogP contribution in [0.5, 0.6) is 0 Å². The van der Waals surface area contributed by atoms with E-state index >= 15 is 0 Å². The molecule has 2 aliphatic heterocycles. The summed E-state index contributed by atoms with van der Waals surface area (Å²) >= 11 is 0. The van der Waals surface area contributed by atoms with Crippen molar-refractivity contribution in [1.29, 1.82) is 0 Å². The Kier molecular flexibility index (Phi) is 7.98. The third-order valence-corrected chi connectivity index (χ3v) is 8.07. The van der Waals surface area contributed by atoms with Crippen molar-refractivity contribution < 1.29 is 38.9 Å². The molecule has 2 unspecified atom stereocenters. The molecule has 0 fully saturated rings. The Bertz CT molecular complexity index is 1570. The first kappa shape index (κ1) is 30.4. The molecule has 0 saturated heterocycles. The lowest BCUT2D eigenvalue weighted by molar-refractivity contribution is -0.141. The highest BCUT2D eigenvalue weighted by Crippen LogP contribution is 2.45. The number of para-hydroxylation sites is 2. The molecule has 10 nitrogen and oxygen atoms in total. The van der Waals surface area contributed by atoms with Gasteiger partial charge in [-0.15, -0.1) is 0 Å². The molecule has 0 spiro atoms. The minimum Gasteiger partial charge on any atom is -0.466 e. The first-order valence-electron chi connectivity index (χ1n) is 13.8. The van der Waals surface area contributed by atoms with E-state index in [4.69, 9.17) is 9.47 Å². The van der Waals surface area contributed by atoms with Crippen LogP contribution in [0.3, 0.4) is 0 Å². The molecule has 2 aliphatic rings. The first-order chi connectivity index (χ1) is 20.9. The highest BCUT2D eigenvalue weighted by molar-refractivity contribution is 6.08. The van der Waals surface area contributed by atoms with Gasteiger partial charge in [0.05, 0.1) is 38.7 Å². The number of esters is 2. The number of anilines is 2. The van der Waals surface area contributed by atoms with Crippen molar-refractivity contribution in [3.8, 4) is 0 Å². The lowest BCUT2D eigenvalue weighted by Crippen LogP contribution is -2.41. The minimum absolute atomic E-state index is 0.0242. The molecule has 2 N–H and O–H groups in total. The molecule has 226 valence electrons. The second-order valence-corrected chi connectivity index (χ2v) is 10.9. The lowest BCUT2D eigenvalue weighted by Gasteiger charge is -2.24. The summed E-state index contributed by atoms with van der Waals surface area (Å²) in [6.45, 7) is 7.65. The van der Waals surface area contributed by atoms with Crippen LogP contribution in [-0.2, 0) is 52.9 Å². The number of nitrogens with zero attached hydrogens (tertiary/aromatic N) is 2. The monoisotopic (exact) mass is 596 g/mol. The molecule has 3 aromatic carbocycles. The van der Waals surface area contributed by atoms with Crippen molar-refractivity contribution in [2.24, 2.45) is 0 Å². The van der Waals surface area contributed by atoms with Gasteiger partial charge in [-0.1, -0.05) is 73.8 Å². The Labute approximate surface area is 254 Å². The molecule has 0 bridgehead atoms. The second kappa shape index (κ2) is 11.6. The summed E-state index contributed by atoms with van der Waals surface area (Å²) in [5, 5.41) is 23.0. The molecule has 0 radical (unpaired) electrons. The zero-order valence-electron chi connectivity index (χ0n) is 24.4. The molecule has 2 atom stereocenters. The van der Waals surface area contributed by atoms with E-state index in [1.54, 1.807) is 48.5 Å². The van der Waals surface area contributed by atoms with Crippen LogP contribution in [0, 0.1) is 0 Å². The third kappa shape index (κ3) is 5.08. The van der Waals surface area contributed by atoms with Crippen LogP contribution in [0.15, 0.2) is 97.1 Å². The number of hydrogen-bond acceptors (Lipinski definition) is 8. The molecule has 2 amide bonds. The maximum atomic E-state index is 13.6. The fourth-order valence-corrected chi connectivity index (χ4v) is 5.83. The number of methoxy groups -OCH3 is 2. The van der Waals surface area contributed by atoms with Crippen molar-refractivity contribution in [2.45, 2.75) is 37.1 Å². The number of ether oxygens (including phenoxy) is 2. The molecule has 5 rings (SSSR count). The van der Waals surface area contributed by atoms with E-state index in [0.29, 0.717) is 22.5 Å². The van der Waals surface area contributed by atoms with Crippen LogP contribution in [0.4, 0.5) is 11.4 Å². The molecular formula is C34H32N2O8. The number of rotatable bonds is 10. The number of aliphatic hydroxyl groups is 2. The van der Waals surface area contributed by atoms with Crippen LogP contribution in [0.1, 0.15) is 35.1 Å². The van der Waals surface area contributed by atoms with Crippen molar-refractivity contribution >= 4 is 35.1 Å². The Morgan fingerprint density at radius 2 is 1.00 bits per heavy atom. The Balaban J connectivity index is 1.35. The Morgan fingerprint density at radius 1 is 0.659 bits per heavy atom. The highest BCUT2D eigenvalue weighted by atomic mass is 16.5. The molecule has 3 aromatic rings. The van der Waals surface area contributed by atoms with Crippen LogP contribution in [-0.4, -0.2) is 48.2 Å². The van der Waals surface area contributed by atoms with Gasteiger partial charge in [-0.25, -0.2) is 9.59 Å². The SMILES string of the molecule is C=C(CC1(O)C(=O)N(Cc2ccc(CN3C(=O)C(O)(CC(=C)C(=O)OC)c4ccccc43)cc2)c2ccccc21)C(=O)OC. The normalized spacial score (nSPS) is 20.3. The molecule has 0 saturated carbocycles. The van der Waals surface area contributed by atoms with Gasteiger partial charge in [-0.05, 0) is 23.3 Å². The topological polar surface area (TPSA) is 134 Å². The van der Waals surface area contributed by atoms with Crippen molar-refractivity contribution in [3.63, 3.8) is 0 Å². The molecule has 44 heavy (non-hydrogen) atoms. The summed E-state index contributed by atoms with van der Waals surface area (Å²) in [4.78, 5) is 54.0. The summed E-state index contributed by atoms with van der Waals surface area (Å²) in [7, 11) is 2.41. The predicted molar refractivity (Wildman–Crippen MR) is 161 cm³/mol. The largest absolute Gasteiger partial charge is 0.466 e. The Hall–Kier alpha value is -5.06. The van der Waals surface area contributed by atoms with Crippen LogP contribution in [0.25, 0.3) is 0 Å². The van der Waals surface area contributed by atoms with E-state index in [2.05, 4.69) is 13.2 Å². The number of carbonyl (C=O) groups excluding carboxylic acids is 4. The van der Waals surface area contributed by atoms with Crippen LogP contribution in [0.2, 0.25) is 0 Å². The third-order valence-electron chi connectivity index (χ3n) is 8.07. The average Bonchev–Trinajstić information content (AvgIpc) is 3.36. The van der Waals surface area contributed by atoms with Crippen molar-refractivity contribution in [2.75, 3.05) is 24.0 Å². The van der Waals surface area contributed by atoms with E-state index in [-0.39, 0.29) is 37.1 Å². The summed E-state index contributed by atoms with van der Waals surface area (Å²) in [5.41, 5.74) is -0.683. The van der Waals surface area contributed by atoms with Gasteiger partial charge < -0.3 is 29.5 Å². The Morgan fingerprint density at radius 3 is 1.34 bits per heavy atom. The molecule has 2 heterocycles. The maximum absolute atomic E-state index is 13.6. The quantitative estimate of drug-likeness (QED) is 0.269. The smallest absolute Gasteiger partial charge is 0.333 e. The van der Waals surface area contributed by atoms with E-state index in [0.717, 1.165) is 11.1 Å². The highest BCUT2D eigenvalue weighted by Gasteiger charge is 2.51. The van der Waals surface area contributed by atoms with Gasteiger partial charge in [0.25, 0.3) is 11.8 Å². The van der Waals surface area contributed by atoms with Gasteiger partial charge >= 0.3 is 11.9 Å². The fourth-order valence-electron chi connectivity index (χ4n) is 5.83. The second-order valence-electron chi connectivity index (χ2n) is 10.9. The number of hydrogen-bond donors (Lipinski definition) is 2. The first-order valence-corrected chi connectivity index (χ1v) is 13.8. The summed E-state index contributed by atoms with van der Waals surface area (Å²) in [6, 6.07) is 20.9. The number of amides is 2. The van der Waals surface area contributed by atoms with Gasteiger partial charge in [0.15, 0.2) is 11.2 Å². The number of benzene rings is 3. The zero-order chi connectivity index (χ0) is 31.8. The molecule has 10 heteroatoms. The van der Waals surface area contributed by atoms with Gasteiger partial charge in [0.1, 0.15) is 0 Å². The predicted octanol–water partition coefficient (Wildman–Crippen LogP) is 3.39. The minimum atomic E-state index is -1.97. The molecular weight excluding hydrogens is 564 g/mol. The molecule has 0 aliphatic carbocycles. The van der Waals surface area contributed by atoms with E-state index < -0.39 is 35.0 Å². The van der Waals surface area contributed by atoms with Crippen molar-refractivity contribution in [1.82, 2.24) is 0 Å². The van der Waals surface area contributed by atoms with E-state index in [1.807, 2.05) is 24.3 Å². The number of carbonyl (C=O) groups is 4. The van der Waals surface area contributed by atoms with Gasteiger partial charge in [0.2, 0.25) is 0 Å². The lowest BCUT2D eigenvalue weighted by atomic mass is 9.88. The maximum Gasteiger partial charge on any atom is 0.333 e. The van der Waals surface area contributed by atoms with E-state index in [1.165, 1.54) is 24.0 Å². The van der Waals surface area contributed by atoms with Crippen LogP contribution < -0.4 is 9.80 Å². The van der Waals surface area contributed by atoms with E-state index in [9.17, 15) is 29.4 Å². The summed E-state index contributed by atoms with van der Waals surface area (Å²) < 4.78 is 9.41. The summed E-state index contributed by atoms with van der Waals surface area (Å²) in [6.07, 6.45) is -0.620. The fraction of sp³-hybridized carbons (Fsp3) is 0.235. The average molecular weight is 597 g/mol. The standard InChI is InChI=1S/C34H32N2O8/c1-21(29(37)43-3)17-33(41)25-9-5-7-11-27(25)35(31(33)39)19-23-13-15-24(16-14-23)20-36-28-12-8-6-10-26(28)34(42,32(36)40)18-22(2)30(38)44-4/h5-16,41-42H,1-2,17-20H2,3-4H3. The molecule has 0 aromatic heterocycles. The number of fused-ring (bicyclic) bond motifs is 2. The van der Waals surface area contributed by atoms with Gasteiger partial charge in [-0.3, -0.25) is 9.59 Å². The van der Waals surface area contributed by atoms with Gasteiger partial charge in [0, 0.05) is 35.1 Å². The van der Waals surface area contributed by atoms with Crippen LogP contribution >= 0.6 is 0 Å². The van der Waals surface area contributed by atoms with Crippen molar-refractivity contribution in [3.05, 3.63) is 119 Å².